The van der Waals surface area contributed by atoms with Gasteiger partial charge >= 0.3 is 5.69 Å². The zero-order chi connectivity index (χ0) is 23.9. The van der Waals surface area contributed by atoms with Gasteiger partial charge in [0.2, 0.25) is 0 Å². The van der Waals surface area contributed by atoms with E-state index >= 15 is 0 Å². The predicted octanol–water partition coefficient (Wildman–Crippen LogP) is 3.68. The van der Waals surface area contributed by atoms with Crippen molar-refractivity contribution in [2.24, 2.45) is 5.92 Å². The van der Waals surface area contributed by atoms with Crippen LogP contribution in [0.5, 0.6) is 0 Å². The van der Waals surface area contributed by atoms with Gasteiger partial charge in [-0.15, -0.1) is 0 Å². The maximum atomic E-state index is 13.4. The van der Waals surface area contributed by atoms with Crippen molar-refractivity contribution in [1.82, 2.24) is 9.55 Å². The molecule has 0 unspecified atom stereocenters. The zero-order valence-electron chi connectivity index (χ0n) is 18.4. The van der Waals surface area contributed by atoms with Crippen LogP contribution >= 0.6 is 11.6 Å². The predicted molar refractivity (Wildman–Crippen MR) is 129 cm³/mol. The topological polar surface area (TPSA) is 90.4 Å². The van der Waals surface area contributed by atoms with Crippen LogP contribution in [-0.2, 0) is 27.5 Å². The van der Waals surface area contributed by atoms with Gasteiger partial charge in [0.25, 0.3) is 5.56 Å². The maximum absolute atomic E-state index is 13.4. The number of rotatable bonds is 9. The van der Waals surface area contributed by atoms with Crippen LogP contribution in [0, 0.1) is 5.92 Å². The first kappa shape index (κ1) is 23.9. The summed E-state index contributed by atoms with van der Waals surface area (Å²) in [7, 11) is 0. The highest BCUT2D eigenvalue weighted by atomic mass is 35.5. The minimum Gasteiger partial charge on any atom is -0.376 e. The Morgan fingerprint density at radius 3 is 2.26 bits per heavy atom. The Morgan fingerprint density at radius 1 is 0.971 bits per heavy atom. The van der Waals surface area contributed by atoms with Crippen LogP contribution in [-0.4, -0.2) is 28.0 Å². The molecule has 7 nitrogen and oxygen atoms in total. The summed E-state index contributed by atoms with van der Waals surface area (Å²) in [5.41, 5.74) is 2.14. The number of carbonyl (C=O) groups excluding carboxylic acids is 1. The van der Waals surface area contributed by atoms with Crippen LogP contribution in [0.25, 0.3) is 6.08 Å². The van der Waals surface area contributed by atoms with Gasteiger partial charge in [-0.25, -0.2) is 4.79 Å². The summed E-state index contributed by atoms with van der Waals surface area (Å²) in [6.45, 7) is 0.863. The molecule has 1 saturated carbocycles. The largest absolute Gasteiger partial charge is 0.376 e. The van der Waals surface area contributed by atoms with E-state index in [4.69, 9.17) is 21.1 Å². The molecule has 8 heteroatoms. The van der Waals surface area contributed by atoms with E-state index in [-0.39, 0.29) is 18.0 Å². The van der Waals surface area contributed by atoms with Crippen LogP contribution in [0.4, 0.5) is 0 Å². The zero-order valence-corrected chi connectivity index (χ0v) is 19.2. The Morgan fingerprint density at radius 2 is 1.62 bits per heavy atom. The molecule has 34 heavy (non-hydrogen) atoms. The summed E-state index contributed by atoms with van der Waals surface area (Å²) in [6.07, 6.45) is 2.59. The lowest BCUT2D eigenvalue weighted by atomic mass is 10.1. The van der Waals surface area contributed by atoms with Gasteiger partial charge in [-0.1, -0.05) is 72.3 Å². The number of Topliss-reactive ketones (excluding diaryl/α,β-unsaturated/α-hetero) is 1. The third kappa shape index (κ3) is 5.62. The molecule has 1 aliphatic rings. The lowest BCUT2D eigenvalue weighted by Gasteiger charge is -2.19. The van der Waals surface area contributed by atoms with Gasteiger partial charge in [0.05, 0.1) is 43.4 Å². The number of nitrogens with zero attached hydrogens (tertiary/aromatic N) is 1. The Kier molecular flexibility index (Phi) is 7.90. The first-order valence-corrected chi connectivity index (χ1v) is 11.4. The monoisotopic (exact) mass is 480 g/mol. The molecule has 1 heterocycles. The minimum absolute atomic E-state index is 0.163. The smallest absolute Gasteiger partial charge is 0.329 e. The molecular formula is C26H25ClN2O5. The molecule has 0 spiro atoms. The number of H-pyrrole nitrogens is 1. The van der Waals surface area contributed by atoms with E-state index in [9.17, 15) is 14.4 Å². The first-order valence-electron chi connectivity index (χ1n) is 11.0. The van der Waals surface area contributed by atoms with Gasteiger partial charge in [-0.3, -0.25) is 19.1 Å². The molecule has 2 aromatic carbocycles. The lowest BCUT2D eigenvalue weighted by molar-refractivity contribution is -0.128. The number of hydrogen-bond acceptors (Lipinski definition) is 5. The van der Waals surface area contributed by atoms with Crippen molar-refractivity contribution in [2.75, 3.05) is 6.61 Å². The Balaban J connectivity index is 1.55. The molecule has 0 aliphatic heterocycles. The van der Waals surface area contributed by atoms with Crippen LogP contribution in [0.15, 0.2) is 82.0 Å². The molecule has 0 bridgehead atoms. The number of ketones is 1. The standard InChI is InChI=1S/C26H25ClN2O5/c27-12-11-20-14-29(26(32)28-25(20)31)22-13-23(34-16-19-9-5-2-6-10-19)21(24(22)30)17-33-15-18-7-3-1-4-8-18/h1-12,14,21-23H,13,15-17H2,(H,28,31,32)/b12-11+/t21-,22+,23+/m1/s1. The summed E-state index contributed by atoms with van der Waals surface area (Å²) in [6, 6.07) is 18.6. The summed E-state index contributed by atoms with van der Waals surface area (Å²) >= 11 is 5.62. The van der Waals surface area contributed by atoms with E-state index < -0.39 is 29.3 Å². The van der Waals surface area contributed by atoms with E-state index in [1.165, 1.54) is 22.4 Å². The van der Waals surface area contributed by atoms with Crippen LogP contribution in [0.3, 0.4) is 0 Å². The van der Waals surface area contributed by atoms with E-state index in [0.717, 1.165) is 11.1 Å². The van der Waals surface area contributed by atoms with Gasteiger partial charge in [0, 0.05) is 18.2 Å². The minimum atomic E-state index is -0.780. The summed E-state index contributed by atoms with van der Waals surface area (Å²) in [5.74, 6) is -0.718. The molecule has 0 saturated heterocycles. The molecule has 4 rings (SSSR count). The number of ether oxygens (including phenoxy) is 2. The van der Waals surface area contributed by atoms with Crippen LogP contribution in [0.1, 0.15) is 29.2 Å². The highest BCUT2D eigenvalue weighted by molar-refractivity contribution is 6.27. The van der Waals surface area contributed by atoms with E-state index in [2.05, 4.69) is 4.98 Å². The van der Waals surface area contributed by atoms with Gasteiger partial charge < -0.3 is 9.47 Å². The van der Waals surface area contributed by atoms with Crippen molar-refractivity contribution in [3.63, 3.8) is 0 Å². The van der Waals surface area contributed by atoms with Gasteiger partial charge in [0.15, 0.2) is 5.78 Å². The third-order valence-electron chi connectivity index (χ3n) is 5.89. The van der Waals surface area contributed by atoms with E-state index in [0.29, 0.717) is 19.6 Å². The fourth-order valence-electron chi connectivity index (χ4n) is 4.13. The first-order chi connectivity index (χ1) is 16.6. The quantitative estimate of drug-likeness (QED) is 0.504. The number of benzene rings is 2. The van der Waals surface area contributed by atoms with Gasteiger partial charge in [-0.2, -0.15) is 0 Å². The van der Waals surface area contributed by atoms with Crippen LogP contribution in [0.2, 0.25) is 0 Å². The fraction of sp³-hybridized carbons (Fsp3) is 0.269. The lowest BCUT2D eigenvalue weighted by Crippen LogP contribution is -2.35. The third-order valence-corrected chi connectivity index (χ3v) is 6.01. The van der Waals surface area contributed by atoms with Crippen molar-refractivity contribution < 1.29 is 14.3 Å². The van der Waals surface area contributed by atoms with Crippen molar-refractivity contribution in [3.8, 4) is 0 Å². The average Bonchev–Trinajstić information content (AvgIpc) is 3.16. The SMILES string of the molecule is O=C1[C@H](COCc2ccccc2)[C@@H](OCc2ccccc2)C[C@@H]1n1cc(/C=C/Cl)c(=O)[nH]c1=O. The summed E-state index contributed by atoms with van der Waals surface area (Å²) in [5, 5.41) is 0. The van der Waals surface area contributed by atoms with Gasteiger partial charge in [-0.05, 0) is 17.2 Å². The molecule has 176 valence electrons. The highest BCUT2D eigenvalue weighted by Crippen LogP contribution is 2.34. The van der Waals surface area contributed by atoms with Crippen molar-refractivity contribution >= 4 is 23.5 Å². The molecule has 0 radical (unpaired) electrons. The average molecular weight is 481 g/mol. The number of hydrogen-bond donors (Lipinski definition) is 1. The fourth-order valence-corrected chi connectivity index (χ4v) is 4.27. The molecule has 0 amide bonds. The number of halogens is 1. The van der Waals surface area contributed by atoms with Crippen molar-refractivity contribution in [1.29, 1.82) is 0 Å². The molecule has 3 aromatic rings. The number of nitrogens with one attached hydrogen (secondary N) is 1. The Bertz CT molecular complexity index is 1250. The second-order valence-corrected chi connectivity index (χ2v) is 8.39. The summed E-state index contributed by atoms with van der Waals surface area (Å²) in [4.78, 5) is 40.3. The Hall–Kier alpha value is -3.26. The van der Waals surface area contributed by atoms with Crippen molar-refractivity contribution in [2.45, 2.75) is 31.8 Å². The number of aromatic amines is 1. The van der Waals surface area contributed by atoms with E-state index in [1.54, 1.807) is 0 Å². The summed E-state index contributed by atoms with van der Waals surface area (Å²) < 4.78 is 13.3. The highest BCUT2D eigenvalue weighted by Gasteiger charge is 2.44. The number of aromatic nitrogens is 2. The van der Waals surface area contributed by atoms with Crippen LogP contribution < -0.4 is 11.2 Å². The second-order valence-electron chi connectivity index (χ2n) is 8.14. The molecule has 1 fully saturated rings. The van der Waals surface area contributed by atoms with Crippen molar-refractivity contribution in [3.05, 3.63) is 110 Å². The second kappa shape index (κ2) is 11.2. The Labute approximate surface area is 201 Å². The van der Waals surface area contributed by atoms with Gasteiger partial charge in [0.1, 0.15) is 0 Å². The van der Waals surface area contributed by atoms with E-state index in [1.807, 2.05) is 60.7 Å². The molecule has 1 aliphatic carbocycles. The maximum Gasteiger partial charge on any atom is 0.329 e. The molecule has 3 atom stereocenters. The number of carbonyl (C=O) groups is 1. The molecular weight excluding hydrogens is 456 g/mol. The molecule has 1 aromatic heterocycles. The molecule has 1 N–H and O–H groups in total. The normalized spacial score (nSPS) is 20.3.